The van der Waals surface area contributed by atoms with Gasteiger partial charge in [0.05, 0.1) is 0 Å². The number of hydrogen-bond donors (Lipinski definition) is 1. The van der Waals surface area contributed by atoms with Gasteiger partial charge in [-0.15, -0.1) is 23.5 Å². The first-order chi connectivity index (χ1) is 7.22. The summed E-state index contributed by atoms with van der Waals surface area (Å²) < 4.78 is 0. The van der Waals surface area contributed by atoms with E-state index in [2.05, 4.69) is 36.9 Å². The normalized spacial score (nSPS) is 10.7. The summed E-state index contributed by atoms with van der Waals surface area (Å²) in [5.41, 5.74) is 2.85. The number of likely N-dealkylation sites (N-methyl/N-ethyl adjacent to an activating group) is 1. The minimum Gasteiger partial charge on any atom is -0.319 e. The van der Waals surface area contributed by atoms with Gasteiger partial charge in [-0.3, -0.25) is 0 Å². The van der Waals surface area contributed by atoms with E-state index in [1.54, 1.807) is 0 Å². The molecule has 3 heteroatoms. The van der Waals surface area contributed by atoms with Crippen molar-refractivity contribution in [3.05, 3.63) is 23.3 Å². The van der Waals surface area contributed by atoms with Gasteiger partial charge in [0, 0.05) is 9.79 Å². The Bertz CT molecular complexity index is 324. The van der Waals surface area contributed by atoms with Gasteiger partial charge < -0.3 is 5.32 Å². The van der Waals surface area contributed by atoms with Crippen molar-refractivity contribution < 1.29 is 0 Å². The maximum Gasteiger partial charge on any atom is 0.0105 e. The average Bonchev–Trinajstić information content (AvgIpc) is 2.26. The van der Waals surface area contributed by atoms with Crippen LogP contribution < -0.4 is 5.32 Å². The van der Waals surface area contributed by atoms with Crippen molar-refractivity contribution in [3.8, 4) is 0 Å². The van der Waals surface area contributed by atoms with E-state index in [1.807, 2.05) is 30.6 Å². The summed E-state index contributed by atoms with van der Waals surface area (Å²) in [5.74, 6) is 0. The summed E-state index contributed by atoms with van der Waals surface area (Å²) in [4.78, 5) is 2.82. The number of rotatable bonds is 5. The minimum atomic E-state index is 1.05. The highest BCUT2D eigenvalue weighted by Gasteiger charge is 2.05. The molecular formula is C12H19NS2. The molecule has 1 N–H and O–H groups in total. The molecule has 1 aromatic carbocycles. The predicted molar refractivity (Wildman–Crippen MR) is 72.4 cm³/mol. The molecule has 0 amide bonds. The van der Waals surface area contributed by atoms with Crippen LogP contribution in [0.15, 0.2) is 21.9 Å². The third-order valence-corrected chi connectivity index (χ3v) is 4.14. The van der Waals surface area contributed by atoms with E-state index in [0.717, 1.165) is 13.0 Å². The fourth-order valence-electron chi connectivity index (χ4n) is 1.57. The van der Waals surface area contributed by atoms with Crippen molar-refractivity contribution in [1.29, 1.82) is 0 Å². The molecule has 0 heterocycles. The zero-order valence-electron chi connectivity index (χ0n) is 9.89. The molecule has 0 aliphatic heterocycles. The molecular weight excluding hydrogens is 222 g/mol. The molecule has 1 nitrogen and oxygen atoms in total. The lowest BCUT2D eigenvalue weighted by Crippen LogP contribution is -2.11. The topological polar surface area (TPSA) is 12.0 Å². The molecule has 0 bridgehead atoms. The van der Waals surface area contributed by atoms with Gasteiger partial charge in [0.2, 0.25) is 0 Å². The molecule has 0 spiro atoms. The zero-order chi connectivity index (χ0) is 11.3. The monoisotopic (exact) mass is 241 g/mol. The Morgan fingerprint density at radius 3 is 2.33 bits per heavy atom. The Morgan fingerprint density at radius 1 is 1.13 bits per heavy atom. The first-order valence-electron chi connectivity index (χ1n) is 5.09. The molecule has 0 aliphatic carbocycles. The molecule has 0 fully saturated rings. The Labute approximate surface area is 101 Å². The fraction of sp³-hybridized carbons (Fsp3) is 0.500. The van der Waals surface area contributed by atoms with Crippen LogP contribution >= 0.6 is 23.5 Å². The molecule has 0 unspecified atom stereocenters. The zero-order valence-corrected chi connectivity index (χ0v) is 11.5. The molecule has 0 aliphatic rings. The standard InChI is InChI=1S/C12H19NS2/c1-9-7-12(15-4)10(5-6-13-2)8-11(9)14-3/h7-8,13H,5-6H2,1-4H3. The predicted octanol–water partition coefficient (Wildman–Crippen LogP) is 3.20. The maximum atomic E-state index is 3.20. The maximum absolute atomic E-state index is 3.20. The van der Waals surface area contributed by atoms with Gasteiger partial charge in [-0.25, -0.2) is 0 Å². The first kappa shape index (κ1) is 12.9. The number of hydrogen-bond acceptors (Lipinski definition) is 3. The van der Waals surface area contributed by atoms with Crippen LogP contribution in [0.1, 0.15) is 11.1 Å². The smallest absolute Gasteiger partial charge is 0.0105 e. The van der Waals surface area contributed by atoms with Crippen molar-refractivity contribution in [2.75, 3.05) is 26.1 Å². The van der Waals surface area contributed by atoms with E-state index in [9.17, 15) is 0 Å². The average molecular weight is 241 g/mol. The van der Waals surface area contributed by atoms with Gasteiger partial charge in [0.1, 0.15) is 0 Å². The van der Waals surface area contributed by atoms with Crippen molar-refractivity contribution in [2.24, 2.45) is 0 Å². The molecule has 84 valence electrons. The van der Waals surface area contributed by atoms with Gasteiger partial charge in [-0.2, -0.15) is 0 Å². The van der Waals surface area contributed by atoms with Crippen LogP contribution in [0.3, 0.4) is 0 Å². The minimum absolute atomic E-state index is 1.05. The lowest BCUT2D eigenvalue weighted by Gasteiger charge is -2.11. The highest BCUT2D eigenvalue weighted by Crippen LogP contribution is 2.29. The molecule has 0 aromatic heterocycles. The third kappa shape index (κ3) is 3.44. The number of aryl methyl sites for hydroxylation is 1. The van der Waals surface area contributed by atoms with Crippen molar-refractivity contribution in [3.63, 3.8) is 0 Å². The Balaban J connectivity index is 2.99. The molecule has 15 heavy (non-hydrogen) atoms. The lowest BCUT2D eigenvalue weighted by atomic mass is 10.1. The molecule has 0 atom stereocenters. The van der Waals surface area contributed by atoms with Crippen LogP contribution in [0, 0.1) is 6.92 Å². The molecule has 0 saturated heterocycles. The molecule has 1 rings (SSSR count). The summed E-state index contributed by atoms with van der Waals surface area (Å²) in [6.07, 6.45) is 5.40. The van der Waals surface area contributed by atoms with Crippen molar-refractivity contribution in [1.82, 2.24) is 5.32 Å². The molecule has 0 radical (unpaired) electrons. The number of nitrogens with one attached hydrogen (secondary N) is 1. The van der Waals surface area contributed by atoms with E-state index in [-0.39, 0.29) is 0 Å². The summed E-state index contributed by atoms with van der Waals surface area (Å²) >= 11 is 3.67. The van der Waals surface area contributed by atoms with E-state index < -0.39 is 0 Å². The Kier molecular flexibility index (Phi) is 5.58. The fourth-order valence-corrected chi connectivity index (χ4v) is 2.93. The SMILES string of the molecule is CNCCc1cc(SC)c(C)cc1SC. The van der Waals surface area contributed by atoms with Gasteiger partial charge in [0.15, 0.2) is 0 Å². The van der Waals surface area contributed by atoms with Crippen LogP contribution in [-0.4, -0.2) is 26.1 Å². The highest BCUT2D eigenvalue weighted by atomic mass is 32.2. The van der Waals surface area contributed by atoms with Crippen LogP contribution in [0.2, 0.25) is 0 Å². The lowest BCUT2D eigenvalue weighted by molar-refractivity contribution is 0.781. The second kappa shape index (κ2) is 6.46. The van der Waals surface area contributed by atoms with Gasteiger partial charge in [0.25, 0.3) is 0 Å². The van der Waals surface area contributed by atoms with Gasteiger partial charge in [-0.05, 0) is 62.7 Å². The second-order valence-corrected chi connectivity index (χ2v) is 5.18. The summed E-state index contributed by atoms with van der Waals surface area (Å²) in [5, 5.41) is 3.20. The summed E-state index contributed by atoms with van der Waals surface area (Å²) in [6.45, 7) is 3.23. The second-order valence-electron chi connectivity index (χ2n) is 3.49. The van der Waals surface area contributed by atoms with Crippen molar-refractivity contribution in [2.45, 2.75) is 23.1 Å². The number of benzene rings is 1. The number of thioether (sulfide) groups is 2. The first-order valence-corrected chi connectivity index (χ1v) is 7.54. The Morgan fingerprint density at radius 2 is 1.80 bits per heavy atom. The van der Waals surface area contributed by atoms with Crippen LogP contribution in [0.5, 0.6) is 0 Å². The van der Waals surface area contributed by atoms with Gasteiger partial charge >= 0.3 is 0 Å². The molecule has 0 saturated carbocycles. The highest BCUT2D eigenvalue weighted by molar-refractivity contribution is 7.99. The van der Waals surface area contributed by atoms with E-state index in [4.69, 9.17) is 0 Å². The largest absolute Gasteiger partial charge is 0.319 e. The van der Waals surface area contributed by atoms with E-state index >= 15 is 0 Å². The van der Waals surface area contributed by atoms with Gasteiger partial charge in [-0.1, -0.05) is 0 Å². The summed E-state index contributed by atoms with van der Waals surface area (Å²) in [7, 11) is 2.00. The Hall–Kier alpha value is -0.120. The summed E-state index contributed by atoms with van der Waals surface area (Å²) in [6, 6.07) is 4.64. The van der Waals surface area contributed by atoms with Crippen LogP contribution in [-0.2, 0) is 6.42 Å². The van der Waals surface area contributed by atoms with E-state index in [1.165, 1.54) is 20.9 Å². The van der Waals surface area contributed by atoms with Crippen molar-refractivity contribution >= 4 is 23.5 Å². The quantitative estimate of drug-likeness (QED) is 0.795. The van der Waals surface area contributed by atoms with E-state index in [0.29, 0.717) is 0 Å². The molecule has 1 aromatic rings. The third-order valence-electron chi connectivity index (χ3n) is 2.44. The van der Waals surface area contributed by atoms with Crippen LogP contribution in [0.25, 0.3) is 0 Å². The van der Waals surface area contributed by atoms with Crippen LogP contribution in [0.4, 0.5) is 0 Å².